The van der Waals surface area contributed by atoms with Gasteiger partial charge in [-0.25, -0.2) is 9.18 Å². The number of aromatic carboxylic acids is 1. The summed E-state index contributed by atoms with van der Waals surface area (Å²) < 4.78 is 17.0. The fourth-order valence-electron chi connectivity index (χ4n) is 3.68. The van der Waals surface area contributed by atoms with Gasteiger partial charge in [-0.3, -0.25) is 4.79 Å². The molecule has 1 aliphatic carbocycles. The Morgan fingerprint density at radius 1 is 1.33 bits per heavy atom. The summed E-state index contributed by atoms with van der Waals surface area (Å²) >= 11 is 9.03. The molecule has 2 fully saturated rings. The number of anilines is 1. The minimum atomic E-state index is -1.29. The van der Waals surface area contributed by atoms with E-state index < -0.39 is 17.2 Å². The van der Waals surface area contributed by atoms with Gasteiger partial charge in [0.15, 0.2) is 0 Å². The second-order valence-corrected chi connectivity index (χ2v) is 8.18. The second-order valence-electron chi connectivity index (χ2n) is 7.02. The molecule has 1 saturated carbocycles. The van der Waals surface area contributed by atoms with Gasteiger partial charge in [0.05, 0.1) is 11.2 Å². The smallest absolute Gasteiger partial charge is 0.341 e. The summed E-state index contributed by atoms with van der Waals surface area (Å²) in [6, 6.07) is 3.07. The van der Waals surface area contributed by atoms with E-state index in [1.807, 2.05) is 4.90 Å². The van der Waals surface area contributed by atoms with Crippen molar-refractivity contribution in [2.75, 3.05) is 18.0 Å². The molecule has 1 saturated heterocycles. The highest BCUT2D eigenvalue weighted by Gasteiger charge is 2.29. The summed E-state index contributed by atoms with van der Waals surface area (Å²) in [5.74, 6) is -1.82. The number of aromatic nitrogens is 1. The van der Waals surface area contributed by atoms with Crippen LogP contribution in [0.3, 0.4) is 0 Å². The molecule has 142 valence electrons. The van der Waals surface area contributed by atoms with Crippen molar-refractivity contribution in [3.63, 3.8) is 0 Å². The Hall–Kier alpha value is -2.13. The summed E-state index contributed by atoms with van der Waals surface area (Å²) in [5, 5.41) is 12.5. The number of fused-ring (bicyclic) bond motifs is 1. The molecule has 1 aliphatic heterocycles. The van der Waals surface area contributed by atoms with Crippen molar-refractivity contribution < 1.29 is 14.3 Å². The lowest BCUT2D eigenvalue weighted by Crippen LogP contribution is -2.34. The Morgan fingerprint density at radius 3 is 2.70 bits per heavy atom. The molecule has 2 heterocycles. The molecule has 0 spiro atoms. The molecule has 9 heteroatoms. The second kappa shape index (κ2) is 6.79. The molecule has 0 radical (unpaired) electrons. The summed E-state index contributed by atoms with van der Waals surface area (Å²) in [5.41, 5.74) is 0.00861. The van der Waals surface area contributed by atoms with Crippen molar-refractivity contribution in [1.82, 2.24) is 9.88 Å². The molecule has 2 N–H and O–H groups in total. The molecular formula is C18H18FN3O3S2. The van der Waals surface area contributed by atoms with Crippen molar-refractivity contribution >= 4 is 51.7 Å². The number of halogens is 1. The van der Waals surface area contributed by atoms with Crippen LogP contribution in [0.25, 0.3) is 10.9 Å². The summed E-state index contributed by atoms with van der Waals surface area (Å²) in [4.78, 5) is 25.8. The molecule has 27 heavy (non-hydrogen) atoms. The number of hydrogen-bond donors (Lipinski definition) is 3. The van der Waals surface area contributed by atoms with E-state index in [1.165, 1.54) is 12.3 Å². The monoisotopic (exact) mass is 407 g/mol. The van der Waals surface area contributed by atoms with Gasteiger partial charge < -0.3 is 19.9 Å². The standard InChI is InChI=1S/C18H18FN3O3S2/c19-13-5-11-14(6-15(13)21-4-3-9(7-21)20-18(26)27)22(10-1-2-10)8-12(16(11)23)17(24)25/h5-6,8-10H,1-4,7H2,(H,24,25)(H2,20,26,27). The maximum Gasteiger partial charge on any atom is 0.341 e. The zero-order valence-electron chi connectivity index (χ0n) is 14.3. The van der Waals surface area contributed by atoms with Crippen LogP contribution >= 0.6 is 24.8 Å². The lowest BCUT2D eigenvalue weighted by molar-refractivity contribution is 0.0695. The van der Waals surface area contributed by atoms with Gasteiger partial charge >= 0.3 is 5.97 Å². The fourth-order valence-corrected chi connectivity index (χ4v) is 4.03. The van der Waals surface area contributed by atoms with E-state index in [4.69, 9.17) is 12.2 Å². The third-order valence-corrected chi connectivity index (χ3v) is 5.37. The van der Waals surface area contributed by atoms with Crippen molar-refractivity contribution in [3.8, 4) is 0 Å². The van der Waals surface area contributed by atoms with E-state index in [0.29, 0.717) is 28.6 Å². The third-order valence-electron chi connectivity index (χ3n) is 5.13. The van der Waals surface area contributed by atoms with Crippen LogP contribution < -0.4 is 15.6 Å². The molecular weight excluding hydrogens is 389 g/mol. The number of thiocarbonyl (C=S) groups is 1. The van der Waals surface area contributed by atoms with Crippen molar-refractivity contribution in [1.29, 1.82) is 0 Å². The van der Waals surface area contributed by atoms with Crippen molar-refractivity contribution in [3.05, 3.63) is 39.9 Å². The van der Waals surface area contributed by atoms with Crippen LogP contribution in [-0.4, -0.2) is 39.1 Å². The van der Waals surface area contributed by atoms with Crippen LogP contribution in [0.15, 0.2) is 23.1 Å². The molecule has 2 aliphatic rings. The van der Waals surface area contributed by atoms with Crippen LogP contribution in [-0.2, 0) is 0 Å². The summed E-state index contributed by atoms with van der Waals surface area (Å²) in [6.45, 7) is 1.22. The molecule has 6 nitrogen and oxygen atoms in total. The minimum Gasteiger partial charge on any atom is -0.477 e. The van der Waals surface area contributed by atoms with E-state index >= 15 is 0 Å². The number of hydrogen-bond acceptors (Lipinski definition) is 4. The van der Waals surface area contributed by atoms with Gasteiger partial charge in [0.25, 0.3) is 0 Å². The van der Waals surface area contributed by atoms with Gasteiger partial charge in [-0.1, -0.05) is 12.2 Å². The first-order valence-corrected chi connectivity index (χ1v) is 9.57. The first-order chi connectivity index (χ1) is 12.8. The molecule has 1 aromatic heterocycles. The zero-order valence-corrected chi connectivity index (χ0v) is 16.0. The number of carbonyl (C=O) groups is 1. The highest BCUT2D eigenvalue weighted by atomic mass is 32.1. The van der Waals surface area contributed by atoms with Crippen LogP contribution in [0.1, 0.15) is 35.7 Å². The van der Waals surface area contributed by atoms with Gasteiger partial charge in [-0.2, -0.15) is 0 Å². The van der Waals surface area contributed by atoms with Gasteiger partial charge in [-0.05, 0) is 31.4 Å². The Kier molecular flexibility index (Phi) is 4.59. The predicted molar refractivity (Wildman–Crippen MR) is 109 cm³/mol. The van der Waals surface area contributed by atoms with E-state index in [0.717, 1.165) is 19.3 Å². The number of carboxylic acid groups (broad SMARTS) is 1. The Bertz CT molecular complexity index is 1020. The van der Waals surface area contributed by atoms with Gasteiger partial charge in [0.1, 0.15) is 15.7 Å². The SMILES string of the molecule is O=C(O)c1cn(C2CC2)c2cc(N3CCC(NC(=S)S)C3)c(F)cc2c1=O. The quantitative estimate of drug-likeness (QED) is 0.534. The van der Waals surface area contributed by atoms with Crippen LogP contribution in [0, 0.1) is 5.82 Å². The highest BCUT2D eigenvalue weighted by Crippen LogP contribution is 2.38. The fraction of sp³-hybridized carbons (Fsp3) is 0.389. The van der Waals surface area contributed by atoms with E-state index in [1.54, 1.807) is 10.6 Å². The number of thiol groups is 1. The number of pyridine rings is 1. The third kappa shape index (κ3) is 3.41. The Morgan fingerprint density at radius 2 is 2.07 bits per heavy atom. The Labute approximate surface area is 165 Å². The predicted octanol–water partition coefficient (Wildman–Crippen LogP) is 2.56. The topological polar surface area (TPSA) is 74.6 Å². The number of rotatable bonds is 4. The lowest BCUT2D eigenvalue weighted by atomic mass is 10.1. The van der Waals surface area contributed by atoms with Crippen LogP contribution in [0.2, 0.25) is 0 Å². The molecule has 0 bridgehead atoms. The van der Waals surface area contributed by atoms with E-state index in [-0.39, 0.29) is 23.0 Å². The number of nitrogens with zero attached hydrogens (tertiary/aromatic N) is 2. The molecule has 1 unspecified atom stereocenters. The lowest BCUT2D eigenvalue weighted by Gasteiger charge is -2.21. The largest absolute Gasteiger partial charge is 0.477 e. The first kappa shape index (κ1) is 18.2. The van der Waals surface area contributed by atoms with Crippen molar-refractivity contribution in [2.45, 2.75) is 31.3 Å². The van der Waals surface area contributed by atoms with Crippen LogP contribution in [0.5, 0.6) is 0 Å². The van der Waals surface area contributed by atoms with Gasteiger partial charge in [-0.15, -0.1) is 12.6 Å². The van der Waals surface area contributed by atoms with Gasteiger partial charge in [0.2, 0.25) is 5.43 Å². The zero-order chi connectivity index (χ0) is 19.3. The summed E-state index contributed by atoms with van der Waals surface area (Å²) in [7, 11) is 0. The van der Waals surface area contributed by atoms with Gasteiger partial charge in [0, 0.05) is 36.8 Å². The molecule has 1 aromatic carbocycles. The number of benzene rings is 1. The average Bonchev–Trinajstić information content (AvgIpc) is 3.34. The molecule has 1 atom stereocenters. The molecule has 0 amide bonds. The normalized spacial score (nSPS) is 19.5. The Balaban J connectivity index is 1.80. The average molecular weight is 407 g/mol. The highest BCUT2D eigenvalue weighted by molar-refractivity contribution is 8.11. The number of nitrogens with one attached hydrogen (secondary N) is 1. The molecule has 4 rings (SSSR count). The first-order valence-electron chi connectivity index (χ1n) is 8.71. The van der Waals surface area contributed by atoms with Crippen molar-refractivity contribution in [2.24, 2.45) is 0 Å². The number of carboxylic acids is 1. The summed E-state index contributed by atoms with van der Waals surface area (Å²) in [6.07, 6.45) is 4.02. The van der Waals surface area contributed by atoms with E-state index in [2.05, 4.69) is 17.9 Å². The maximum absolute atomic E-state index is 14.8. The molecule has 2 aromatic rings. The van der Waals surface area contributed by atoms with E-state index in [9.17, 15) is 19.1 Å². The van der Waals surface area contributed by atoms with Crippen LogP contribution in [0.4, 0.5) is 10.1 Å². The maximum atomic E-state index is 14.8. The minimum absolute atomic E-state index is 0.0881.